The Morgan fingerprint density at radius 2 is 1.77 bits per heavy atom. The molecule has 1 saturated heterocycles. The Morgan fingerprint density at radius 3 is 2.33 bits per heavy atom. The Morgan fingerprint density at radius 1 is 1.10 bits per heavy atom. The number of nitrogens with zero attached hydrogens (tertiary/aromatic N) is 3. The van der Waals surface area contributed by atoms with Crippen molar-refractivity contribution in [2.75, 3.05) is 32.8 Å². The SMILES string of the molecule is CCOC(=O)c1cc(C)n(CC(=O)N2CCN(S(=O)(=O)c3ccc(C)s3)CC2)c1C. The smallest absolute Gasteiger partial charge is 0.339 e. The first-order chi connectivity index (χ1) is 14.1. The van der Waals surface area contributed by atoms with Gasteiger partial charge >= 0.3 is 5.97 Å². The summed E-state index contributed by atoms with van der Waals surface area (Å²) in [6.45, 7) is 8.87. The first-order valence-corrected chi connectivity index (χ1v) is 12.1. The van der Waals surface area contributed by atoms with Crippen molar-refractivity contribution in [1.29, 1.82) is 0 Å². The predicted octanol–water partition coefficient (Wildman–Crippen LogP) is 2.18. The molecule has 1 aliphatic rings. The van der Waals surface area contributed by atoms with Crippen LogP contribution in [0.2, 0.25) is 0 Å². The largest absolute Gasteiger partial charge is 0.462 e. The zero-order valence-corrected chi connectivity index (χ0v) is 19.3. The lowest BCUT2D eigenvalue weighted by Crippen LogP contribution is -2.51. The molecule has 10 heteroatoms. The van der Waals surface area contributed by atoms with Crippen LogP contribution in [-0.4, -0.2) is 66.9 Å². The minimum Gasteiger partial charge on any atom is -0.462 e. The quantitative estimate of drug-likeness (QED) is 0.626. The Bertz CT molecular complexity index is 1050. The number of carbonyl (C=O) groups excluding carboxylic acids is 2. The third kappa shape index (κ3) is 4.45. The molecule has 0 aliphatic carbocycles. The lowest BCUT2D eigenvalue weighted by atomic mass is 10.2. The van der Waals surface area contributed by atoms with Gasteiger partial charge < -0.3 is 14.2 Å². The number of aryl methyl sites for hydroxylation is 2. The number of thiophene rings is 1. The number of ether oxygens (including phenoxy) is 1. The van der Waals surface area contributed by atoms with Crippen LogP contribution in [0.25, 0.3) is 0 Å². The van der Waals surface area contributed by atoms with Crippen LogP contribution in [0.4, 0.5) is 0 Å². The summed E-state index contributed by atoms with van der Waals surface area (Å²) in [5.74, 6) is -0.497. The molecular formula is C20H27N3O5S2. The molecule has 0 radical (unpaired) electrons. The summed E-state index contributed by atoms with van der Waals surface area (Å²) in [5.41, 5.74) is 1.95. The van der Waals surface area contributed by atoms with E-state index in [1.807, 2.05) is 13.8 Å². The van der Waals surface area contributed by atoms with Crippen molar-refractivity contribution >= 4 is 33.2 Å². The van der Waals surface area contributed by atoms with Gasteiger partial charge in [-0.25, -0.2) is 13.2 Å². The number of hydrogen-bond donors (Lipinski definition) is 0. The van der Waals surface area contributed by atoms with Crippen molar-refractivity contribution in [2.45, 2.75) is 38.4 Å². The molecule has 1 fully saturated rings. The molecule has 0 spiro atoms. The second-order valence-electron chi connectivity index (χ2n) is 7.24. The number of carbonyl (C=O) groups is 2. The zero-order valence-electron chi connectivity index (χ0n) is 17.7. The van der Waals surface area contributed by atoms with Crippen LogP contribution in [-0.2, 0) is 26.1 Å². The first kappa shape index (κ1) is 22.5. The van der Waals surface area contributed by atoms with E-state index < -0.39 is 16.0 Å². The molecule has 0 atom stereocenters. The van der Waals surface area contributed by atoms with Gasteiger partial charge in [0.05, 0.1) is 12.2 Å². The molecule has 1 aliphatic heterocycles. The van der Waals surface area contributed by atoms with Crippen molar-refractivity contribution < 1.29 is 22.7 Å². The van der Waals surface area contributed by atoms with Gasteiger partial charge in [0, 0.05) is 42.4 Å². The summed E-state index contributed by atoms with van der Waals surface area (Å²) in [6.07, 6.45) is 0. The summed E-state index contributed by atoms with van der Waals surface area (Å²) in [5, 5.41) is 0. The van der Waals surface area contributed by atoms with Crippen molar-refractivity contribution in [3.8, 4) is 0 Å². The molecule has 0 unspecified atom stereocenters. The average Bonchev–Trinajstić information content (AvgIpc) is 3.27. The molecule has 2 aromatic rings. The molecule has 3 rings (SSSR count). The van der Waals surface area contributed by atoms with Gasteiger partial charge in [-0.3, -0.25) is 4.79 Å². The maximum absolute atomic E-state index is 12.8. The molecule has 0 saturated carbocycles. The van der Waals surface area contributed by atoms with E-state index >= 15 is 0 Å². The Balaban J connectivity index is 1.64. The topological polar surface area (TPSA) is 88.9 Å². The van der Waals surface area contributed by atoms with E-state index in [0.29, 0.717) is 35.2 Å². The van der Waals surface area contributed by atoms with Crippen molar-refractivity contribution in [3.63, 3.8) is 0 Å². The number of esters is 1. The molecule has 30 heavy (non-hydrogen) atoms. The van der Waals surface area contributed by atoms with Crippen LogP contribution < -0.4 is 0 Å². The third-order valence-corrected chi connectivity index (χ3v) is 8.63. The van der Waals surface area contributed by atoms with Crippen LogP contribution in [0.1, 0.15) is 33.5 Å². The monoisotopic (exact) mass is 453 g/mol. The summed E-state index contributed by atoms with van der Waals surface area (Å²) in [7, 11) is -3.52. The van der Waals surface area contributed by atoms with Crippen LogP contribution >= 0.6 is 11.3 Å². The highest BCUT2D eigenvalue weighted by Gasteiger charge is 2.31. The number of hydrogen-bond acceptors (Lipinski definition) is 6. The van der Waals surface area contributed by atoms with Gasteiger partial charge in [0.1, 0.15) is 10.8 Å². The minimum absolute atomic E-state index is 0.101. The van der Waals surface area contributed by atoms with Crippen LogP contribution in [0, 0.1) is 20.8 Å². The zero-order chi connectivity index (χ0) is 22.1. The maximum Gasteiger partial charge on any atom is 0.339 e. The second-order valence-corrected chi connectivity index (χ2v) is 10.7. The van der Waals surface area contributed by atoms with Crippen molar-refractivity contribution in [3.05, 3.63) is 40.0 Å². The molecule has 164 valence electrons. The van der Waals surface area contributed by atoms with E-state index in [4.69, 9.17) is 4.74 Å². The standard InChI is InChI=1S/C20H27N3O5S2/c1-5-28-20(25)17-12-14(2)23(16(17)4)13-18(24)21-8-10-22(11-9-21)30(26,27)19-7-6-15(3)29-19/h6-7,12H,5,8-11,13H2,1-4H3. The lowest BCUT2D eigenvalue weighted by Gasteiger charge is -2.34. The fourth-order valence-electron chi connectivity index (χ4n) is 3.55. The van der Waals surface area contributed by atoms with E-state index in [9.17, 15) is 18.0 Å². The first-order valence-electron chi connectivity index (χ1n) is 9.83. The summed E-state index contributed by atoms with van der Waals surface area (Å²) < 4.78 is 34.2. The number of rotatable bonds is 6. The number of sulfonamides is 1. The van der Waals surface area contributed by atoms with Gasteiger partial charge in [0.25, 0.3) is 10.0 Å². The van der Waals surface area contributed by atoms with Crippen LogP contribution in [0.5, 0.6) is 0 Å². The Hall–Kier alpha value is -2.17. The molecule has 1 amide bonds. The molecule has 3 heterocycles. The van der Waals surface area contributed by atoms with Gasteiger partial charge in [0.15, 0.2) is 0 Å². The van der Waals surface area contributed by atoms with Crippen molar-refractivity contribution in [1.82, 2.24) is 13.8 Å². The van der Waals surface area contributed by atoms with Crippen LogP contribution in [0.15, 0.2) is 22.4 Å². The minimum atomic E-state index is -3.52. The molecule has 8 nitrogen and oxygen atoms in total. The highest BCUT2D eigenvalue weighted by atomic mass is 32.2. The second kappa shape index (κ2) is 8.91. The van der Waals surface area contributed by atoms with E-state index in [-0.39, 0.29) is 25.5 Å². The molecule has 0 bridgehead atoms. The fraction of sp³-hybridized carbons (Fsp3) is 0.500. The van der Waals surface area contributed by atoms with Gasteiger partial charge in [-0.2, -0.15) is 4.31 Å². The van der Waals surface area contributed by atoms with Gasteiger partial charge in [-0.15, -0.1) is 11.3 Å². The van der Waals surface area contributed by atoms with Crippen LogP contribution in [0.3, 0.4) is 0 Å². The van der Waals surface area contributed by atoms with E-state index in [1.165, 1.54) is 15.6 Å². The fourth-order valence-corrected chi connectivity index (χ4v) is 6.41. The summed E-state index contributed by atoms with van der Waals surface area (Å²) in [6, 6.07) is 5.16. The lowest BCUT2D eigenvalue weighted by molar-refractivity contribution is -0.133. The summed E-state index contributed by atoms with van der Waals surface area (Å²) in [4.78, 5) is 27.5. The molecule has 2 aromatic heterocycles. The van der Waals surface area contributed by atoms with Gasteiger partial charge in [-0.1, -0.05) is 0 Å². The third-order valence-electron chi connectivity index (χ3n) is 5.26. The van der Waals surface area contributed by atoms with E-state index in [0.717, 1.165) is 10.6 Å². The van der Waals surface area contributed by atoms with E-state index in [2.05, 4.69) is 0 Å². The predicted molar refractivity (Wildman–Crippen MR) is 114 cm³/mol. The number of amides is 1. The van der Waals surface area contributed by atoms with Gasteiger partial charge in [0.2, 0.25) is 5.91 Å². The number of aromatic nitrogens is 1. The summed E-state index contributed by atoms with van der Waals surface area (Å²) >= 11 is 1.26. The normalized spacial score (nSPS) is 15.4. The average molecular weight is 454 g/mol. The Labute approximate surface area is 181 Å². The van der Waals surface area contributed by atoms with Gasteiger partial charge in [-0.05, 0) is 45.9 Å². The maximum atomic E-state index is 12.8. The van der Waals surface area contributed by atoms with E-state index in [1.54, 1.807) is 41.5 Å². The molecule has 0 aromatic carbocycles. The highest BCUT2D eigenvalue weighted by molar-refractivity contribution is 7.91. The van der Waals surface area contributed by atoms with Crippen molar-refractivity contribution in [2.24, 2.45) is 0 Å². The molecule has 0 N–H and O–H groups in total. The number of piperazine rings is 1. The Kier molecular flexibility index (Phi) is 6.68. The highest BCUT2D eigenvalue weighted by Crippen LogP contribution is 2.25. The molecular weight excluding hydrogens is 426 g/mol.